The molecule has 2 aromatic heterocycles. The average Bonchev–Trinajstić information content (AvgIpc) is 2.47. The van der Waals surface area contributed by atoms with Crippen LogP contribution in [0.1, 0.15) is 5.69 Å². The van der Waals surface area contributed by atoms with Crippen molar-refractivity contribution in [3.8, 4) is 6.07 Å². The third-order valence-electron chi connectivity index (χ3n) is 2.48. The molecule has 19 heavy (non-hydrogen) atoms. The molecule has 0 fully saturated rings. The molecule has 2 aromatic rings. The molecule has 7 heteroatoms. The zero-order valence-electron chi connectivity index (χ0n) is 10.1. The highest BCUT2D eigenvalue weighted by Crippen LogP contribution is 2.18. The van der Waals surface area contributed by atoms with E-state index in [2.05, 4.69) is 9.97 Å². The predicted molar refractivity (Wildman–Crippen MR) is 68.8 cm³/mol. The molecule has 0 atom stereocenters. The zero-order valence-corrected chi connectivity index (χ0v) is 10.9. The molecule has 0 saturated carbocycles. The SMILES string of the molecule is CN(c1ccccn1)S(=O)(=O)c1ccc(C#N)nc1. The molecule has 0 aliphatic rings. The molecule has 0 radical (unpaired) electrons. The fourth-order valence-electron chi connectivity index (χ4n) is 1.42. The fraction of sp³-hybridized carbons (Fsp3) is 0.0833. The van der Waals surface area contributed by atoms with Crippen LogP contribution in [0.4, 0.5) is 5.82 Å². The van der Waals surface area contributed by atoms with Crippen LogP contribution in [0, 0.1) is 11.3 Å². The lowest BCUT2D eigenvalue weighted by Gasteiger charge is -2.17. The highest BCUT2D eigenvalue weighted by Gasteiger charge is 2.22. The van der Waals surface area contributed by atoms with Gasteiger partial charge >= 0.3 is 0 Å². The second kappa shape index (κ2) is 5.04. The van der Waals surface area contributed by atoms with Gasteiger partial charge in [0.05, 0.1) is 0 Å². The maximum absolute atomic E-state index is 12.3. The second-order valence-corrected chi connectivity index (χ2v) is 5.62. The first-order valence-corrected chi connectivity index (χ1v) is 6.76. The quantitative estimate of drug-likeness (QED) is 0.838. The number of aromatic nitrogens is 2. The number of hydrogen-bond acceptors (Lipinski definition) is 5. The number of rotatable bonds is 3. The molecule has 0 aromatic carbocycles. The summed E-state index contributed by atoms with van der Waals surface area (Å²) < 4.78 is 25.7. The molecule has 6 nitrogen and oxygen atoms in total. The summed E-state index contributed by atoms with van der Waals surface area (Å²) in [6, 6.07) is 9.54. The maximum atomic E-state index is 12.3. The summed E-state index contributed by atoms with van der Waals surface area (Å²) in [4.78, 5) is 7.74. The van der Waals surface area contributed by atoms with Gasteiger partial charge in [-0.05, 0) is 24.3 Å². The topological polar surface area (TPSA) is 87.0 Å². The first-order valence-electron chi connectivity index (χ1n) is 5.32. The first kappa shape index (κ1) is 13.0. The Morgan fingerprint density at radius 3 is 2.53 bits per heavy atom. The molecule has 0 N–H and O–H groups in total. The van der Waals surface area contributed by atoms with Crippen molar-refractivity contribution in [3.63, 3.8) is 0 Å². The fourth-order valence-corrected chi connectivity index (χ4v) is 2.52. The molecule has 0 aliphatic heterocycles. The number of pyridine rings is 2. The van der Waals surface area contributed by atoms with Crippen LogP contribution in [0.2, 0.25) is 0 Å². The van der Waals surface area contributed by atoms with E-state index in [1.165, 1.54) is 25.4 Å². The number of nitrogens with zero attached hydrogens (tertiary/aromatic N) is 4. The number of nitriles is 1. The lowest BCUT2D eigenvalue weighted by Crippen LogP contribution is -2.27. The van der Waals surface area contributed by atoms with Gasteiger partial charge in [0.25, 0.3) is 10.0 Å². The minimum atomic E-state index is -3.72. The molecule has 2 rings (SSSR count). The van der Waals surface area contributed by atoms with Gasteiger partial charge in [-0.3, -0.25) is 4.31 Å². The van der Waals surface area contributed by atoms with Gasteiger partial charge in [0, 0.05) is 19.4 Å². The van der Waals surface area contributed by atoms with Gasteiger partial charge < -0.3 is 0 Å². The number of hydrogen-bond donors (Lipinski definition) is 0. The maximum Gasteiger partial charge on any atom is 0.266 e. The smallest absolute Gasteiger partial charge is 0.253 e. The minimum Gasteiger partial charge on any atom is -0.253 e. The van der Waals surface area contributed by atoms with E-state index in [4.69, 9.17) is 5.26 Å². The predicted octanol–water partition coefficient (Wildman–Crippen LogP) is 1.17. The standard InChI is InChI=1S/C12H10N4O2S/c1-16(12-4-2-3-7-14-12)19(17,18)11-6-5-10(8-13)15-9-11/h2-7,9H,1H3. The van der Waals surface area contributed by atoms with Crippen molar-refractivity contribution in [1.82, 2.24) is 9.97 Å². The molecule has 96 valence electrons. The molecular formula is C12H10N4O2S. The Bertz CT molecular complexity index is 706. The van der Waals surface area contributed by atoms with E-state index in [9.17, 15) is 8.42 Å². The van der Waals surface area contributed by atoms with Crippen molar-refractivity contribution in [2.24, 2.45) is 0 Å². The largest absolute Gasteiger partial charge is 0.266 e. The summed E-state index contributed by atoms with van der Waals surface area (Å²) in [7, 11) is -2.31. The van der Waals surface area contributed by atoms with Crippen LogP contribution in [-0.2, 0) is 10.0 Å². The van der Waals surface area contributed by atoms with E-state index in [0.29, 0.717) is 5.82 Å². The van der Waals surface area contributed by atoms with E-state index in [0.717, 1.165) is 10.5 Å². The summed E-state index contributed by atoms with van der Waals surface area (Å²) >= 11 is 0. The summed E-state index contributed by atoms with van der Waals surface area (Å²) in [5.41, 5.74) is 0.166. The van der Waals surface area contributed by atoms with Gasteiger partial charge in [-0.2, -0.15) is 5.26 Å². The molecule has 2 heterocycles. The lowest BCUT2D eigenvalue weighted by atomic mass is 10.4. The normalized spacial score (nSPS) is 10.7. The second-order valence-electron chi connectivity index (χ2n) is 3.65. The van der Waals surface area contributed by atoms with Crippen molar-refractivity contribution in [2.45, 2.75) is 4.90 Å². The molecule has 0 amide bonds. The van der Waals surface area contributed by atoms with E-state index in [-0.39, 0.29) is 10.6 Å². The Kier molecular flexibility index (Phi) is 3.44. The van der Waals surface area contributed by atoms with Crippen LogP contribution >= 0.6 is 0 Å². The molecule has 0 spiro atoms. The van der Waals surface area contributed by atoms with E-state index in [1.54, 1.807) is 18.2 Å². The van der Waals surface area contributed by atoms with Gasteiger partial charge in [-0.1, -0.05) is 6.07 Å². The third kappa shape index (κ3) is 2.53. The van der Waals surface area contributed by atoms with Crippen LogP contribution < -0.4 is 4.31 Å². The van der Waals surface area contributed by atoms with Crippen LogP contribution in [0.5, 0.6) is 0 Å². The summed E-state index contributed by atoms with van der Waals surface area (Å²) in [5, 5.41) is 8.64. The van der Waals surface area contributed by atoms with Crippen molar-refractivity contribution in [2.75, 3.05) is 11.4 Å². The van der Waals surface area contributed by atoms with Gasteiger partial charge in [-0.15, -0.1) is 0 Å². The Labute approximate surface area is 111 Å². The van der Waals surface area contributed by atoms with E-state index >= 15 is 0 Å². The van der Waals surface area contributed by atoms with Gasteiger partial charge in [-0.25, -0.2) is 18.4 Å². The van der Waals surface area contributed by atoms with Gasteiger partial charge in [0.15, 0.2) is 0 Å². The summed E-state index contributed by atoms with van der Waals surface area (Å²) in [6.07, 6.45) is 2.67. The van der Waals surface area contributed by atoms with Crippen molar-refractivity contribution < 1.29 is 8.42 Å². The monoisotopic (exact) mass is 274 g/mol. The minimum absolute atomic E-state index is 0.0136. The Morgan fingerprint density at radius 1 is 1.21 bits per heavy atom. The molecule has 0 saturated heterocycles. The molecular weight excluding hydrogens is 264 g/mol. The highest BCUT2D eigenvalue weighted by molar-refractivity contribution is 7.92. The Hall–Kier alpha value is -2.46. The van der Waals surface area contributed by atoms with Crippen LogP contribution in [-0.4, -0.2) is 25.4 Å². The molecule has 0 unspecified atom stereocenters. The number of anilines is 1. The van der Waals surface area contributed by atoms with E-state index < -0.39 is 10.0 Å². The van der Waals surface area contributed by atoms with E-state index in [1.807, 2.05) is 6.07 Å². The van der Waals surface area contributed by atoms with Crippen molar-refractivity contribution in [3.05, 3.63) is 48.4 Å². The Balaban J connectivity index is 2.40. The lowest BCUT2D eigenvalue weighted by molar-refractivity contribution is 0.593. The van der Waals surface area contributed by atoms with Crippen LogP contribution in [0.15, 0.2) is 47.6 Å². The first-order chi connectivity index (χ1) is 9.05. The van der Waals surface area contributed by atoms with Gasteiger partial charge in [0.1, 0.15) is 22.5 Å². The van der Waals surface area contributed by atoms with Crippen molar-refractivity contribution >= 4 is 15.8 Å². The molecule has 0 aliphatic carbocycles. The Morgan fingerprint density at radius 2 is 2.00 bits per heavy atom. The highest BCUT2D eigenvalue weighted by atomic mass is 32.2. The van der Waals surface area contributed by atoms with Crippen molar-refractivity contribution in [1.29, 1.82) is 5.26 Å². The summed E-state index contributed by atoms with van der Waals surface area (Å²) in [5.74, 6) is 0.312. The van der Waals surface area contributed by atoms with Crippen LogP contribution in [0.25, 0.3) is 0 Å². The molecule has 0 bridgehead atoms. The van der Waals surface area contributed by atoms with Crippen LogP contribution in [0.3, 0.4) is 0 Å². The van der Waals surface area contributed by atoms with Gasteiger partial charge in [0.2, 0.25) is 0 Å². The number of sulfonamides is 1. The summed E-state index contributed by atoms with van der Waals surface area (Å²) in [6.45, 7) is 0. The zero-order chi connectivity index (χ0) is 13.9. The third-order valence-corrected chi connectivity index (χ3v) is 4.23. The average molecular weight is 274 g/mol.